The molecule has 2 aromatic heterocycles. The first-order valence-electron chi connectivity index (χ1n) is 10.8. The molecule has 154 valence electrons. The van der Waals surface area contributed by atoms with Crippen LogP contribution in [0.2, 0.25) is 0 Å². The first kappa shape index (κ1) is 18.9. The highest BCUT2D eigenvalue weighted by molar-refractivity contribution is 5.88. The zero-order valence-electron chi connectivity index (χ0n) is 17.5. The van der Waals surface area contributed by atoms with Crippen LogP contribution in [-0.4, -0.2) is 21.6 Å². The number of aromatic amines is 1. The van der Waals surface area contributed by atoms with Crippen LogP contribution in [-0.2, 0) is 0 Å². The van der Waals surface area contributed by atoms with Gasteiger partial charge in [-0.1, -0.05) is 18.2 Å². The van der Waals surface area contributed by atoms with E-state index in [1.54, 1.807) is 6.33 Å². The van der Waals surface area contributed by atoms with Crippen molar-refractivity contribution in [2.75, 3.05) is 11.9 Å². The molecule has 3 heterocycles. The van der Waals surface area contributed by atoms with Crippen LogP contribution >= 0.6 is 0 Å². The van der Waals surface area contributed by atoms with Gasteiger partial charge in [-0.15, -0.1) is 0 Å². The lowest BCUT2D eigenvalue weighted by Crippen LogP contribution is -2.32. The topological polar surface area (TPSA) is 86.6 Å². The van der Waals surface area contributed by atoms with Crippen LogP contribution in [0.3, 0.4) is 0 Å². The summed E-state index contributed by atoms with van der Waals surface area (Å²) in [5.74, 6) is 2.66. The normalized spacial score (nSPS) is 21.0. The lowest BCUT2D eigenvalue weighted by Gasteiger charge is -2.35. The lowest BCUT2D eigenvalue weighted by atomic mass is 9.81. The van der Waals surface area contributed by atoms with Crippen LogP contribution < -0.4 is 10.1 Å². The van der Waals surface area contributed by atoms with Crippen LogP contribution in [0.15, 0.2) is 36.7 Å². The summed E-state index contributed by atoms with van der Waals surface area (Å²) in [6, 6.07) is 12.9. The Bertz CT molecular complexity index is 1110. The van der Waals surface area contributed by atoms with E-state index in [0.717, 1.165) is 41.0 Å². The van der Waals surface area contributed by atoms with Gasteiger partial charge in [0, 0.05) is 17.2 Å². The number of nitrogens with one attached hydrogen (secondary N) is 2. The van der Waals surface area contributed by atoms with E-state index in [0.29, 0.717) is 12.5 Å². The molecule has 2 N–H and O–H groups in total. The molecule has 0 amide bonds. The number of para-hydroxylation sites is 1. The van der Waals surface area contributed by atoms with Crippen LogP contribution in [0, 0.1) is 22.7 Å². The third kappa shape index (κ3) is 3.60. The Morgan fingerprint density at radius 2 is 2.10 bits per heavy atom. The molecule has 30 heavy (non-hydrogen) atoms. The Kier molecular flexibility index (Phi) is 4.62. The number of fused-ring (bicyclic) bond motifs is 2. The zero-order valence-corrected chi connectivity index (χ0v) is 17.5. The summed E-state index contributed by atoms with van der Waals surface area (Å²) < 4.78 is 6.07. The minimum atomic E-state index is -0.344. The Morgan fingerprint density at radius 1 is 1.27 bits per heavy atom. The minimum absolute atomic E-state index is 0.0711. The predicted octanol–water partition coefficient (Wildman–Crippen LogP) is 5.33. The summed E-state index contributed by atoms with van der Waals surface area (Å²) >= 11 is 0. The summed E-state index contributed by atoms with van der Waals surface area (Å²) in [5, 5.41) is 14.2. The number of aromatic nitrogens is 3. The molecule has 6 nitrogen and oxygen atoms in total. The number of hydrogen-bond donors (Lipinski definition) is 2. The van der Waals surface area contributed by atoms with Gasteiger partial charge >= 0.3 is 0 Å². The first-order valence-corrected chi connectivity index (χ1v) is 10.8. The molecule has 2 aliphatic rings. The van der Waals surface area contributed by atoms with Crippen LogP contribution in [0.4, 0.5) is 5.82 Å². The molecule has 1 fully saturated rings. The molecular formula is C24H27N5O. The van der Waals surface area contributed by atoms with Crippen molar-refractivity contribution in [3.05, 3.63) is 47.9 Å². The molecule has 0 bridgehead atoms. The van der Waals surface area contributed by atoms with E-state index in [1.165, 1.54) is 18.5 Å². The quantitative estimate of drug-likeness (QED) is 0.583. The molecule has 0 radical (unpaired) electrons. The molecule has 0 saturated heterocycles. The molecular weight excluding hydrogens is 374 g/mol. The van der Waals surface area contributed by atoms with Crippen LogP contribution in [0.5, 0.6) is 5.75 Å². The average molecular weight is 402 g/mol. The van der Waals surface area contributed by atoms with Gasteiger partial charge in [0.25, 0.3) is 0 Å². The molecule has 0 unspecified atom stereocenters. The molecule has 0 spiro atoms. The molecule has 1 saturated carbocycles. The summed E-state index contributed by atoms with van der Waals surface area (Å²) in [5.41, 5.74) is 2.95. The smallest absolute Gasteiger partial charge is 0.143 e. The Labute approximate surface area is 176 Å². The van der Waals surface area contributed by atoms with E-state index >= 15 is 0 Å². The van der Waals surface area contributed by atoms with Crippen molar-refractivity contribution >= 4 is 16.9 Å². The molecule has 6 heteroatoms. The van der Waals surface area contributed by atoms with E-state index in [2.05, 4.69) is 44.5 Å². The maximum absolute atomic E-state index is 9.44. The van der Waals surface area contributed by atoms with Gasteiger partial charge in [0.05, 0.1) is 29.5 Å². The van der Waals surface area contributed by atoms with Gasteiger partial charge in [-0.2, -0.15) is 5.26 Å². The second-order valence-electron chi connectivity index (χ2n) is 9.25. The Hall–Kier alpha value is -3.07. The number of anilines is 1. The fourth-order valence-corrected chi connectivity index (χ4v) is 4.30. The maximum atomic E-state index is 9.44. The van der Waals surface area contributed by atoms with Crippen molar-refractivity contribution in [3.63, 3.8) is 0 Å². The number of rotatable bonds is 6. The van der Waals surface area contributed by atoms with E-state index in [4.69, 9.17) is 4.74 Å². The van der Waals surface area contributed by atoms with E-state index in [1.807, 2.05) is 26.0 Å². The Morgan fingerprint density at radius 3 is 2.90 bits per heavy atom. The molecule has 1 aliphatic carbocycles. The summed E-state index contributed by atoms with van der Waals surface area (Å²) in [6.45, 7) is 4.63. The molecule has 1 aliphatic heterocycles. The average Bonchev–Trinajstić information content (AvgIpc) is 3.52. The highest BCUT2D eigenvalue weighted by Gasteiger charge is 2.33. The molecule has 5 rings (SSSR count). The number of benzene rings is 1. The third-order valence-corrected chi connectivity index (χ3v) is 6.38. The van der Waals surface area contributed by atoms with Gasteiger partial charge in [-0.05, 0) is 57.6 Å². The fourth-order valence-electron chi connectivity index (χ4n) is 4.30. The first-order chi connectivity index (χ1) is 14.5. The van der Waals surface area contributed by atoms with Crippen molar-refractivity contribution in [1.82, 2.24) is 15.0 Å². The predicted molar refractivity (Wildman–Crippen MR) is 116 cm³/mol. The van der Waals surface area contributed by atoms with Gasteiger partial charge < -0.3 is 15.0 Å². The van der Waals surface area contributed by atoms with Crippen molar-refractivity contribution < 1.29 is 4.74 Å². The monoisotopic (exact) mass is 401 g/mol. The minimum Gasteiger partial charge on any atom is -0.493 e. The molecule has 2 atom stereocenters. The SMILES string of the molecule is CC(C)(C#N)CC[C@@H]1COc2ccccc2[C@H]1Nc1ncnc2[nH]c(C3CC3)cc12. The zero-order chi connectivity index (χ0) is 20.7. The second-order valence-corrected chi connectivity index (χ2v) is 9.25. The van der Waals surface area contributed by atoms with Crippen molar-refractivity contribution in [1.29, 1.82) is 5.26 Å². The van der Waals surface area contributed by atoms with Crippen molar-refractivity contribution in [2.45, 2.75) is 51.5 Å². The van der Waals surface area contributed by atoms with Crippen LogP contribution in [0.1, 0.15) is 62.7 Å². The third-order valence-electron chi connectivity index (χ3n) is 6.38. The largest absolute Gasteiger partial charge is 0.493 e. The van der Waals surface area contributed by atoms with Gasteiger partial charge in [0.2, 0.25) is 0 Å². The highest BCUT2D eigenvalue weighted by Crippen LogP contribution is 2.43. The van der Waals surface area contributed by atoms with Gasteiger partial charge in [-0.3, -0.25) is 0 Å². The van der Waals surface area contributed by atoms with E-state index < -0.39 is 0 Å². The summed E-state index contributed by atoms with van der Waals surface area (Å²) in [7, 11) is 0. The lowest BCUT2D eigenvalue weighted by molar-refractivity contribution is 0.182. The number of nitriles is 1. The van der Waals surface area contributed by atoms with Crippen molar-refractivity contribution in [2.24, 2.45) is 11.3 Å². The fraction of sp³-hybridized carbons (Fsp3) is 0.458. The summed E-state index contributed by atoms with van der Waals surface area (Å²) in [6.07, 6.45) is 5.84. The van der Waals surface area contributed by atoms with Gasteiger partial charge in [0.15, 0.2) is 0 Å². The number of H-pyrrole nitrogens is 1. The maximum Gasteiger partial charge on any atom is 0.143 e. The number of ether oxygens (including phenoxy) is 1. The molecule has 1 aromatic carbocycles. The van der Waals surface area contributed by atoms with Crippen LogP contribution in [0.25, 0.3) is 11.0 Å². The van der Waals surface area contributed by atoms with Crippen molar-refractivity contribution in [3.8, 4) is 11.8 Å². The number of hydrogen-bond acceptors (Lipinski definition) is 5. The summed E-state index contributed by atoms with van der Waals surface area (Å²) in [4.78, 5) is 12.5. The van der Waals surface area contributed by atoms with Gasteiger partial charge in [0.1, 0.15) is 23.5 Å². The Balaban J connectivity index is 1.48. The second kappa shape index (κ2) is 7.32. The van der Waals surface area contributed by atoms with E-state index in [-0.39, 0.29) is 17.4 Å². The molecule has 3 aromatic rings. The van der Waals surface area contributed by atoms with Gasteiger partial charge in [-0.25, -0.2) is 9.97 Å². The standard InChI is InChI=1S/C24H27N5O/c1-24(2,13-25)10-9-16-12-30-20-6-4-3-5-17(20)21(16)29-23-18-11-19(15-7-8-15)28-22(18)26-14-27-23/h3-6,11,14-16,21H,7-10,12H2,1-2H3,(H2,26,27,28,29)/t16-,21+/m1/s1. The van der Waals surface area contributed by atoms with E-state index in [9.17, 15) is 5.26 Å². The number of nitrogens with zero attached hydrogens (tertiary/aromatic N) is 3. The highest BCUT2D eigenvalue weighted by atomic mass is 16.5.